The first kappa shape index (κ1) is 14.3. The predicted octanol–water partition coefficient (Wildman–Crippen LogP) is 0.884. The molecule has 5 heteroatoms. The molecule has 1 saturated heterocycles. The second kappa shape index (κ2) is 5.88. The van der Waals surface area contributed by atoms with Crippen LogP contribution in [0, 0.1) is 5.92 Å². The number of nitrogens with zero attached hydrogens (tertiary/aromatic N) is 1. The van der Waals surface area contributed by atoms with Gasteiger partial charge in [-0.05, 0) is 52.1 Å². The first-order valence-corrected chi connectivity index (χ1v) is 8.87. The molecule has 0 spiro atoms. The number of rotatable bonds is 7. The fourth-order valence-electron chi connectivity index (χ4n) is 2.56. The first-order valence-electron chi connectivity index (χ1n) is 7.15. The Kier molecular flexibility index (Phi) is 4.67. The summed E-state index contributed by atoms with van der Waals surface area (Å²) in [5.74, 6) is 0.983. The average molecular weight is 274 g/mol. The molecule has 1 unspecified atom stereocenters. The van der Waals surface area contributed by atoms with Crippen molar-refractivity contribution in [2.75, 3.05) is 31.9 Å². The molecule has 1 atom stereocenters. The molecule has 0 radical (unpaired) electrons. The van der Waals surface area contributed by atoms with Crippen LogP contribution in [-0.4, -0.2) is 56.5 Å². The molecule has 106 valence electrons. The summed E-state index contributed by atoms with van der Waals surface area (Å²) in [6.07, 6.45) is 4.03. The second-order valence-corrected chi connectivity index (χ2v) is 8.68. The lowest BCUT2D eigenvalue weighted by atomic mass is 10.1. The maximum absolute atomic E-state index is 11.6. The largest absolute Gasteiger partial charge is 0.315 e. The van der Waals surface area contributed by atoms with Gasteiger partial charge in [0.25, 0.3) is 0 Å². The maximum atomic E-state index is 11.6. The molecule has 1 aliphatic heterocycles. The highest BCUT2D eigenvalue weighted by molar-refractivity contribution is 7.92. The van der Waals surface area contributed by atoms with Crippen LogP contribution in [0.1, 0.15) is 33.1 Å². The molecule has 2 fully saturated rings. The minimum absolute atomic E-state index is 0.254. The highest BCUT2D eigenvalue weighted by Gasteiger charge is 2.34. The van der Waals surface area contributed by atoms with Crippen molar-refractivity contribution in [3.05, 3.63) is 0 Å². The lowest BCUT2D eigenvalue weighted by molar-refractivity contribution is 0.312. The van der Waals surface area contributed by atoms with Crippen molar-refractivity contribution in [3.63, 3.8) is 0 Å². The van der Waals surface area contributed by atoms with Gasteiger partial charge in [-0.3, -0.25) is 0 Å². The molecule has 18 heavy (non-hydrogen) atoms. The highest BCUT2D eigenvalue weighted by atomic mass is 32.2. The smallest absolute Gasteiger partial charge is 0.153 e. The van der Waals surface area contributed by atoms with Gasteiger partial charge in [0.2, 0.25) is 0 Å². The van der Waals surface area contributed by atoms with E-state index in [4.69, 9.17) is 0 Å². The zero-order chi connectivity index (χ0) is 13.2. The minimum atomic E-state index is -2.88. The van der Waals surface area contributed by atoms with E-state index in [1.165, 1.54) is 32.4 Å². The van der Waals surface area contributed by atoms with E-state index in [2.05, 4.69) is 10.2 Å². The van der Waals surface area contributed by atoms with Crippen LogP contribution in [0.15, 0.2) is 0 Å². The fourth-order valence-corrected chi connectivity index (χ4v) is 3.46. The van der Waals surface area contributed by atoms with Gasteiger partial charge >= 0.3 is 0 Å². The van der Waals surface area contributed by atoms with Gasteiger partial charge < -0.3 is 10.2 Å². The van der Waals surface area contributed by atoms with Gasteiger partial charge in [0.1, 0.15) is 0 Å². The van der Waals surface area contributed by atoms with Crippen LogP contribution in [0.4, 0.5) is 0 Å². The first-order chi connectivity index (χ1) is 8.49. The Morgan fingerprint density at radius 2 is 2.00 bits per heavy atom. The van der Waals surface area contributed by atoms with Gasteiger partial charge in [0.05, 0.1) is 11.0 Å². The Balaban J connectivity index is 1.59. The van der Waals surface area contributed by atoms with E-state index in [0.29, 0.717) is 12.5 Å². The molecule has 1 aliphatic carbocycles. The van der Waals surface area contributed by atoms with Gasteiger partial charge in [-0.15, -0.1) is 0 Å². The molecule has 0 bridgehead atoms. The van der Waals surface area contributed by atoms with Crippen LogP contribution in [0.3, 0.4) is 0 Å². The van der Waals surface area contributed by atoms with E-state index in [1.54, 1.807) is 13.8 Å². The summed E-state index contributed by atoms with van der Waals surface area (Å²) in [4.78, 5) is 2.59. The van der Waals surface area contributed by atoms with Gasteiger partial charge in [0, 0.05) is 19.1 Å². The molecule has 2 aliphatic rings. The number of hydrogen-bond acceptors (Lipinski definition) is 4. The van der Waals surface area contributed by atoms with Gasteiger partial charge in [-0.1, -0.05) is 0 Å². The SMILES string of the molecule is CC(C)S(=O)(=O)CCNCC1CCN(C2CC2)C1. The van der Waals surface area contributed by atoms with E-state index < -0.39 is 9.84 Å². The molecular formula is C13H26N2O2S. The topological polar surface area (TPSA) is 49.4 Å². The van der Waals surface area contributed by atoms with Crippen LogP contribution >= 0.6 is 0 Å². The van der Waals surface area contributed by atoms with Crippen molar-refractivity contribution < 1.29 is 8.42 Å². The standard InChI is InChI=1S/C13H26N2O2S/c1-11(2)18(16,17)8-6-14-9-12-5-7-15(10-12)13-3-4-13/h11-14H,3-10H2,1-2H3. The summed E-state index contributed by atoms with van der Waals surface area (Å²) in [5.41, 5.74) is 0. The summed E-state index contributed by atoms with van der Waals surface area (Å²) in [6, 6.07) is 0.872. The monoisotopic (exact) mass is 274 g/mol. The summed E-state index contributed by atoms with van der Waals surface area (Å²) >= 11 is 0. The summed E-state index contributed by atoms with van der Waals surface area (Å²) < 4.78 is 23.3. The third-order valence-electron chi connectivity index (χ3n) is 4.10. The summed E-state index contributed by atoms with van der Waals surface area (Å²) in [5, 5.41) is 3.06. The Labute approximate surface area is 111 Å². The predicted molar refractivity (Wildman–Crippen MR) is 74.5 cm³/mol. The van der Waals surface area contributed by atoms with E-state index >= 15 is 0 Å². The molecule has 0 amide bonds. The van der Waals surface area contributed by atoms with E-state index in [0.717, 1.165) is 12.6 Å². The number of hydrogen-bond donors (Lipinski definition) is 1. The van der Waals surface area contributed by atoms with Gasteiger partial charge in [-0.25, -0.2) is 8.42 Å². The van der Waals surface area contributed by atoms with Gasteiger partial charge in [-0.2, -0.15) is 0 Å². The third kappa shape index (κ3) is 3.93. The van der Waals surface area contributed by atoms with E-state index in [1.807, 2.05) is 0 Å². The molecule has 1 saturated carbocycles. The van der Waals surface area contributed by atoms with Crippen molar-refractivity contribution in [2.45, 2.75) is 44.4 Å². The fraction of sp³-hybridized carbons (Fsp3) is 1.00. The van der Waals surface area contributed by atoms with Crippen molar-refractivity contribution in [2.24, 2.45) is 5.92 Å². The van der Waals surface area contributed by atoms with Crippen LogP contribution < -0.4 is 5.32 Å². The zero-order valence-corrected chi connectivity index (χ0v) is 12.4. The van der Waals surface area contributed by atoms with Crippen LogP contribution in [0.5, 0.6) is 0 Å². The third-order valence-corrected chi connectivity index (χ3v) is 6.30. The Bertz CT molecular complexity index is 363. The normalized spacial score (nSPS) is 26.1. The lowest BCUT2D eigenvalue weighted by Gasteiger charge is -2.15. The van der Waals surface area contributed by atoms with Crippen molar-refractivity contribution >= 4 is 9.84 Å². The number of nitrogens with one attached hydrogen (secondary N) is 1. The minimum Gasteiger partial charge on any atom is -0.315 e. The lowest BCUT2D eigenvalue weighted by Crippen LogP contribution is -2.32. The second-order valence-electron chi connectivity index (χ2n) is 6.00. The average Bonchev–Trinajstić information content (AvgIpc) is 3.05. The molecular weight excluding hydrogens is 248 g/mol. The van der Waals surface area contributed by atoms with Crippen LogP contribution in [0.25, 0.3) is 0 Å². The van der Waals surface area contributed by atoms with Gasteiger partial charge in [0.15, 0.2) is 9.84 Å². The zero-order valence-electron chi connectivity index (χ0n) is 11.6. The van der Waals surface area contributed by atoms with Crippen molar-refractivity contribution in [1.29, 1.82) is 0 Å². The number of likely N-dealkylation sites (tertiary alicyclic amines) is 1. The quantitative estimate of drug-likeness (QED) is 0.700. The van der Waals surface area contributed by atoms with Crippen molar-refractivity contribution in [1.82, 2.24) is 10.2 Å². The van der Waals surface area contributed by atoms with Crippen molar-refractivity contribution in [3.8, 4) is 0 Å². The Morgan fingerprint density at radius 3 is 2.61 bits per heavy atom. The molecule has 1 heterocycles. The van der Waals surface area contributed by atoms with Crippen LogP contribution in [-0.2, 0) is 9.84 Å². The van der Waals surface area contributed by atoms with Crippen LogP contribution in [0.2, 0.25) is 0 Å². The summed E-state index contributed by atoms with van der Waals surface area (Å²) in [6.45, 7) is 7.51. The van der Waals surface area contributed by atoms with E-state index in [-0.39, 0.29) is 11.0 Å². The maximum Gasteiger partial charge on any atom is 0.153 e. The Morgan fingerprint density at radius 1 is 1.28 bits per heavy atom. The highest BCUT2D eigenvalue weighted by Crippen LogP contribution is 2.31. The molecule has 0 aromatic rings. The summed E-state index contributed by atoms with van der Waals surface area (Å²) in [7, 11) is -2.88. The number of sulfone groups is 1. The molecule has 4 nitrogen and oxygen atoms in total. The molecule has 0 aromatic carbocycles. The molecule has 1 N–H and O–H groups in total. The Hall–Kier alpha value is -0.130. The van der Waals surface area contributed by atoms with E-state index in [9.17, 15) is 8.42 Å². The molecule has 0 aromatic heterocycles. The molecule has 2 rings (SSSR count).